The molecular formula is C10H8ClN3O. The number of nitrogens with one attached hydrogen (secondary N) is 1. The molecule has 15 heavy (non-hydrogen) atoms. The van der Waals surface area contributed by atoms with E-state index in [9.17, 15) is 4.79 Å². The Morgan fingerprint density at radius 2 is 2.27 bits per heavy atom. The number of benzene rings is 1. The Morgan fingerprint density at radius 3 is 2.93 bits per heavy atom. The molecule has 0 saturated carbocycles. The zero-order valence-corrected chi connectivity index (χ0v) is 8.45. The van der Waals surface area contributed by atoms with Gasteiger partial charge in [-0.05, 0) is 12.1 Å². The Balaban J connectivity index is 2.54. The number of aromatic nitrogens is 2. The zero-order valence-electron chi connectivity index (χ0n) is 7.70. The fourth-order valence-corrected chi connectivity index (χ4v) is 1.53. The minimum atomic E-state index is -0.539. The van der Waals surface area contributed by atoms with Gasteiger partial charge in [-0.15, -0.1) is 0 Å². The minimum absolute atomic E-state index is 0.289. The number of hydrogen-bond donors (Lipinski definition) is 2. The number of H-pyrrole nitrogens is 1. The standard InChI is InChI=1S/C10H8ClN3O/c11-7-3-1-2-6(4-7)8-9(10(12)15)14-5-13-8/h1-5H,(H2,12,15)(H,13,14). The number of hydrogen-bond acceptors (Lipinski definition) is 2. The third kappa shape index (κ3) is 1.85. The number of amides is 1. The monoisotopic (exact) mass is 221 g/mol. The van der Waals surface area contributed by atoms with Gasteiger partial charge in [0.05, 0.1) is 6.33 Å². The van der Waals surface area contributed by atoms with E-state index in [1.807, 2.05) is 6.07 Å². The van der Waals surface area contributed by atoms with Crippen LogP contribution < -0.4 is 5.73 Å². The van der Waals surface area contributed by atoms with Gasteiger partial charge in [0.25, 0.3) is 5.91 Å². The third-order valence-corrected chi connectivity index (χ3v) is 2.22. The highest BCUT2D eigenvalue weighted by Crippen LogP contribution is 2.22. The fraction of sp³-hybridized carbons (Fsp3) is 0. The maximum atomic E-state index is 11.1. The molecule has 0 aliphatic rings. The molecule has 76 valence electrons. The van der Waals surface area contributed by atoms with E-state index >= 15 is 0 Å². The Hall–Kier alpha value is -1.81. The van der Waals surface area contributed by atoms with Crippen LogP contribution >= 0.6 is 11.6 Å². The first-order chi connectivity index (χ1) is 7.18. The van der Waals surface area contributed by atoms with Crippen molar-refractivity contribution < 1.29 is 4.79 Å². The molecule has 2 aromatic rings. The van der Waals surface area contributed by atoms with Crippen LogP contribution in [0.2, 0.25) is 5.02 Å². The first-order valence-corrected chi connectivity index (χ1v) is 4.65. The van der Waals surface area contributed by atoms with Gasteiger partial charge < -0.3 is 10.7 Å². The molecule has 4 nitrogen and oxygen atoms in total. The SMILES string of the molecule is NC(=O)c1[nH]cnc1-c1cccc(Cl)c1. The topological polar surface area (TPSA) is 71.8 Å². The molecule has 1 aromatic carbocycles. The van der Waals surface area contributed by atoms with Crippen LogP contribution in [0, 0.1) is 0 Å². The Kier molecular flexibility index (Phi) is 2.43. The summed E-state index contributed by atoms with van der Waals surface area (Å²) in [7, 11) is 0. The summed E-state index contributed by atoms with van der Waals surface area (Å²) in [5.74, 6) is -0.539. The number of carbonyl (C=O) groups excluding carboxylic acids is 1. The van der Waals surface area contributed by atoms with Crippen LogP contribution in [0.25, 0.3) is 11.3 Å². The quantitative estimate of drug-likeness (QED) is 0.812. The summed E-state index contributed by atoms with van der Waals surface area (Å²) in [5.41, 5.74) is 6.76. The number of aromatic amines is 1. The summed E-state index contributed by atoms with van der Waals surface area (Å²) < 4.78 is 0. The largest absolute Gasteiger partial charge is 0.364 e. The molecule has 3 N–H and O–H groups in total. The minimum Gasteiger partial charge on any atom is -0.364 e. The highest BCUT2D eigenvalue weighted by Gasteiger charge is 2.12. The molecular weight excluding hydrogens is 214 g/mol. The van der Waals surface area contributed by atoms with Crippen molar-refractivity contribution in [3.63, 3.8) is 0 Å². The van der Waals surface area contributed by atoms with Gasteiger partial charge in [0.2, 0.25) is 0 Å². The van der Waals surface area contributed by atoms with Crippen molar-refractivity contribution in [2.24, 2.45) is 5.73 Å². The van der Waals surface area contributed by atoms with Gasteiger partial charge >= 0.3 is 0 Å². The lowest BCUT2D eigenvalue weighted by atomic mass is 10.1. The predicted molar refractivity (Wildman–Crippen MR) is 57.6 cm³/mol. The molecule has 0 fully saturated rings. The average Bonchev–Trinajstić information content (AvgIpc) is 2.65. The number of halogens is 1. The number of carbonyl (C=O) groups is 1. The van der Waals surface area contributed by atoms with Crippen molar-refractivity contribution >= 4 is 17.5 Å². The summed E-state index contributed by atoms with van der Waals surface area (Å²) in [4.78, 5) is 17.8. The van der Waals surface area contributed by atoms with Gasteiger partial charge in [-0.3, -0.25) is 4.79 Å². The summed E-state index contributed by atoms with van der Waals surface area (Å²) in [6.07, 6.45) is 1.43. The summed E-state index contributed by atoms with van der Waals surface area (Å²) in [5, 5.41) is 0.589. The van der Waals surface area contributed by atoms with Crippen molar-refractivity contribution in [1.82, 2.24) is 9.97 Å². The van der Waals surface area contributed by atoms with Crippen LogP contribution in [-0.2, 0) is 0 Å². The molecule has 0 saturated heterocycles. The maximum Gasteiger partial charge on any atom is 0.267 e. The first-order valence-electron chi connectivity index (χ1n) is 4.27. The molecule has 1 amide bonds. The second kappa shape index (κ2) is 3.74. The second-order valence-electron chi connectivity index (χ2n) is 3.00. The fourth-order valence-electron chi connectivity index (χ4n) is 1.34. The molecule has 0 unspecified atom stereocenters. The van der Waals surface area contributed by atoms with E-state index in [-0.39, 0.29) is 5.69 Å². The van der Waals surface area contributed by atoms with Crippen LogP contribution in [0.5, 0.6) is 0 Å². The van der Waals surface area contributed by atoms with Gasteiger partial charge in [0.15, 0.2) is 0 Å². The summed E-state index contributed by atoms with van der Waals surface area (Å²) >= 11 is 5.84. The highest BCUT2D eigenvalue weighted by molar-refractivity contribution is 6.30. The predicted octanol–water partition coefficient (Wildman–Crippen LogP) is 1.83. The van der Waals surface area contributed by atoms with Gasteiger partial charge in [-0.25, -0.2) is 4.98 Å². The normalized spacial score (nSPS) is 10.2. The number of rotatable bonds is 2. The molecule has 0 atom stereocenters. The van der Waals surface area contributed by atoms with Crippen molar-refractivity contribution in [3.8, 4) is 11.3 Å². The van der Waals surface area contributed by atoms with E-state index in [4.69, 9.17) is 17.3 Å². The average molecular weight is 222 g/mol. The third-order valence-electron chi connectivity index (χ3n) is 1.98. The lowest BCUT2D eigenvalue weighted by Crippen LogP contribution is -2.12. The van der Waals surface area contributed by atoms with Crippen molar-refractivity contribution in [3.05, 3.63) is 41.3 Å². The van der Waals surface area contributed by atoms with Gasteiger partial charge in [-0.1, -0.05) is 23.7 Å². The summed E-state index contributed by atoms with van der Waals surface area (Å²) in [6, 6.07) is 7.08. The lowest BCUT2D eigenvalue weighted by Gasteiger charge is -1.99. The lowest BCUT2D eigenvalue weighted by molar-refractivity contribution is 0.0996. The second-order valence-corrected chi connectivity index (χ2v) is 3.44. The van der Waals surface area contributed by atoms with Gasteiger partial charge in [0, 0.05) is 10.6 Å². The van der Waals surface area contributed by atoms with Gasteiger partial charge in [-0.2, -0.15) is 0 Å². The highest BCUT2D eigenvalue weighted by atomic mass is 35.5. The Bertz CT molecular complexity index is 507. The summed E-state index contributed by atoms with van der Waals surface area (Å²) in [6.45, 7) is 0. The van der Waals surface area contributed by atoms with Crippen LogP contribution in [0.3, 0.4) is 0 Å². The van der Waals surface area contributed by atoms with Crippen LogP contribution in [0.15, 0.2) is 30.6 Å². The molecule has 1 heterocycles. The molecule has 5 heteroatoms. The van der Waals surface area contributed by atoms with E-state index < -0.39 is 5.91 Å². The van der Waals surface area contributed by atoms with Crippen molar-refractivity contribution in [2.45, 2.75) is 0 Å². The van der Waals surface area contributed by atoms with Gasteiger partial charge in [0.1, 0.15) is 11.4 Å². The van der Waals surface area contributed by atoms with E-state index in [1.165, 1.54) is 6.33 Å². The molecule has 0 spiro atoms. The first kappa shape index (κ1) is 9.73. The van der Waals surface area contributed by atoms with E-state index in [1.54, 1.807) is 18.2 Å². The molecule has 0 bridgehead atoms. The number of primary amides is 1. The molecule has 0 radical (unpaired) electrons. The molecule has 1 aromatic heterocycles. The van der Waals surface area contributed by atoms with Crippen LogP contribution in [0.1, 0.15) is 10.5 Å². The van der Waals surface area contributed by atoms with E-state index in [0.29, 0.717) is 10.7 Å². The smallest absolute Gasteiger partial charge is 0.267 e. The van der Waals surface area contributed by atoms with Crippen molar-refractivity contribution in [1.29, 1.82) is 0 Å². The number of nitrogens with zero attached hydrogens (tertiary/aromatic N) is 1. The van der Waals surface area contributed by atoms with E-state index in [2.05, 4.69) is 9.97 Å². The van der Waals surface area contributed by atoms with Crippen LogP contribution in [-0.4, -0.2) is 15.9 Å². The van der Waals surface area contributed by atoms with E-state index in [0.717, 1.165) is 5.56 Å². The Labute approximate surface area is 91.1 Å². The Morgan fingerprint density at radius 1 is 1.47 bits per heavy atom. The molecule has 0 aliphatic heterocycles. The maximum absolute atomic E-state index is 11.1. The zero-order chi connectivity index (χ0) is 10.8. The number of imidazole rings is 1. The van der Waals surface area contributed by atoms with Crippen molar-refractivity contribution in [2.75, 3.05) is 0 Å². The molecule has 2 rings (SSSR count). The van der Waals surface area contributed by atoms with Crippen LogP contribution in [0.4, 0.5) is 0 Å². The number of nitrogens with two attached hydrogens (primary N) is 1. The molecule has 0 aliphatic carbocycles.